The summed E-state index contributed by atoms with van der Waals surface area (Å²) in [5, 5.41) is 46.0. The number of guanidine groups is 2. The first-order valence-electron chi connectivity index (χ1n) is 6.50. The first-order valence-corrected chi connectivity index (χ1v) is 6.50. The van der Waals surface area contributed by atoms with Crippen molar-refractivity contribution in [2.45, 2.75) is 11.6 Å². The van der Waals surface area contributed by atoms with E-state index in [-0.39, 0.29) is 0 Å². The van der Waals surface area contributed by atoms with Gasteiger partial charge in [-0.2, -0.15) is 0 Å². The van der Waals surface area contributed by atoms with Crippen LogP contribution in [0, 0.1) is 30.3 Å². The summed E-state index contributed by atoms with van der Waals surface area (Å²) < 4.78 is 0. The van der Waals surface area contributed by atoms with Gasteiger partial charge in [-0.3, -0.25) is 21.6 Å². The van der Waals surface area contributed by atoms with E-state index in [9.17, 15) is 30.3 Å². The summed E-state index contributed by atoms with van der Waals surface area (Å²) in [7, 11) is 0. The van der Waals surface area contributed by atoms with Gasteiger partial charge in [0.2, 0.25) is 11.4 Å². The largest absolute Gasteiger partial charge is 0.490 e. The van der Waals surface area contributed by atoms with Crippen LogP contribution in [-0.2, 0) is 11.6 Å². The predicted molar refractivity (Wildman–Crippen MR) is 79.0 cm³/mol. The highest BCUT2D eigenvalue weighted by Gasteiger charge is 2.54. The van der Waals surface area contributed by atoms with Gasteiger partial charge in [0.25, 0.3) is 0 Å². The number of azo groups is 2. The Morgan fingerprint density at radius 1 is 0.778 bits per heavy atom. The molecule has 0 fully saturated rings. The third-order valence-corrected chi connectivity index (χ3v) is 3.15. The number of rotatable bonds is 3. The molecular formula is C8H5N13O6. The van der Waals surface area contributed by atoms with Gasteiger partial charge in [-0.1, -0.05) is 0 Å². The Morgan fingerprint density at radius 3 is 1.48 bits per heavy atom. The van der Waals surface area contributed by atoms with Gasteiger partial charge in [-0.15, -0.1) is 0 Å². The van der Waals surface area contributed by atoms with Crippen molar-refractivity contribution in [2.24, 2.45) is 41.9 Å². The summed E-state index contributed by atoms with van der Waals surface area (Å²) in [5.74, 6) is -6.87. The maximum absolute atomic E-state index is 11.6. The molecule has 0 radical (unpaired) electrons. The summed E-state index contributed by atoms with van der Waals surface area (Å²) in [6, 6.07) is 0. The Balaban J connectivity index is 2.21. The zero-order valence-corrected chi connectivity index (χ0v) is 12.6. The smallest absolute Gasteiger partial charge is 0.390 e. The van der Waals surface area contributed by atoms with Crippen LogP contribution < -0.4 is 11.5 Å². The van der Waals surface area contributed by atoms with Crippen LogP contribution in [0.4, 0.5) is 5.69 Å². The van der Waals surface area contributed by atoms with Gasteiger partial charge in [0.1, 0.15) is 6.33 Å². The summed E-state index contributed by atoms with van der Waals surface area (Å²) in [6.07, 6.45) is 0.741. The van der Waals surface area contributed by atoms with Crippen molar-refractivity contribution in [3.05, 3.63) is 48.1 Å². The highest BCUT2D eigenvalue weighted by atomic mass is 16.6. The zero-order valence-electron chi connectivity index (χ0n) is 12.6. The number of aliphatic imine (C=N–C) groups is 2. The van der Waals surface area contributed by atoms with E-state index in [0.29, 0.717) is 0 Å². The van der Waals surface area contributed by atoms with Gasteiger partial charge < -0.3 is 20.2 Å². The summed E-state index contributed by atoms with van der Waals surface area (Å²) in [5.41, 5.74) is 9.04. The van der Waals surface area contributed by atoms with Crippen LogP contribution in [0.2, 0.25) is 0 Å². The highest BCUT2D eigenvalue weighted by molar-refractivity contribution is 5.75. The second-order valence-electron chi connectivity index (χ2n) is 4.87. The van der Waals surface area contributed by atoms with E-state index in [1.807, 2.05) is 0 Å². The van der Waals surface area contributed by atoms with E-state index in [0.717, 1.165) is 6.33 Å². The molecule has 1 aromatic heterocycles. The summed E-state index contributed by atoms with van der Waals surface area (Å²) in [4.78, 5) is 43.9. The topological polar surface area (TPSA) is 281 Å². The van der Waals surface area contributed by atoms with Gasteiger partial charge in [0.05, 0.1) is 15.2 Å². The van der Waals surface area contributed by atoms with Crippen LogP contribution in [-0.4, -0.2) is 36.7 Å². The minimum absolute atomic E-state index is 0.720. The van der Waals surface area contributed by atoms with Crippen molar-refractivity contribution < 1.29 is 14.8 Å². The first kappa shape index (κ1) is 17.6. The predicted octanol–water partition coefficient (Wildman–Crippen LogP) is -1.28. The molecule has 4 N–H and O–H groups in total. The SMILES string of the molecule is NC1(c2ncnc(C3(N)N=NC([N+](=O)[O-])=N3)c2[N+](=O)[O-])N=NC([N+](=O)[O-])=N1. The highest BCUT2D eigenvalue weighted by Crippen LogP contribution is 2.38. The molecule has 0 saturated heterocycles. The molecule has 27 heavy (non-hydrogen) atoms. The number of nitro groups is 3. The third-order valence-electron chi connectivity index (χ3n) is 3.15. The fourth-order valence-corrected chi connectivity index (χ4v) is 2.08. The molecule has 0 saturated carbocycles. The lowest BCUT2D eigenvalue weighted by molar-refractivity contribution is -0.388. The van der Waals surface area contributed by atoms with Crippen LogP contribution in [0.3, 0.4) is 0 Å². The molecule has 2 unspecified atom stereocenters. The van der Waals surface area contributed by atoms with Gasteiger partial charge in [-0.05, 0) is 30.1 Å². The zero-order chi connectivity index (χ0) is 20.0. The van der Waals surface area contributed by atoms with Gasteiger partial charge >= 0.3 is 29.2 Å². The van der Waals surface area contributed by atoms with Crippen molar-refractivity contribution >= 4 is 17.6 Å². The van der Waals surface area contributed by atoms with Crippen LogP contribution >= 0.6 is 0 Å². The maximum atomic E-state index is 11.6. The fourth-order valence-electron chi connectivity index (χ4n) is 2.08. The van der Waals surface area contributed by atoms with Crippen LogP contribution in [0.15, 0.2) is 36.8 Å². The minimum Gasteiger partial charge on any atom is -0.390 e. The molecule has 19 nitrogen and oxygen atoms in total. The number of hydrogen-bond acceptors (Lipinski definition) is 16. The molecule has 0 bridgehead atoms. The Labute approximate surface area is 145 Å². The van der Waals surface area contributed by atoms with Crippen LogP contribution in [0.5, 0.6) is 0 Å². The lowest BCUT2D eigenvalue weighted by Crippen LogP contribution is -2.37. The molecule has 0 aliphatic carbocycles. The molecule has 19 heteroatoms. The quantitative estimate of drug-likeness (QED) is 0.463. The van der Waals surface area contributed by atoms with E-state index < -0.39 is 55.3 Å². The van der Waals surface area contributed by atoms with Crippen molar-refractivity contribution in [2.75, 3.05) is 0 Å². The average Bonchev–Trinajstić information content (AvgIpc) is 3.19. The van der Waals surface area contributed by atoms with Gasteiger partial charge in [-0.25, -0.2) is 9.97 Å². The molecular weight excluding hydrogens is 374 g/mol. The maximum Gasteiger partial charge on any atom is 0.490 e. The standard InChI is InChI=1S/C8H5N13O6/c9-7(13-5(15-17-7)20(24)25)3-2(19(22)23)4(12-1-11-3)8(10)14-6(16-18-8)21(26)27/h1H,9-10H2. The average molecular weight is 379 g/mol. The molecule has 1 aromatic rings. The van der Waals surface area contributed by atoms with Crippen LogP contribution in [0.25, 0.3) is 0 Å². The molecule has 2 aliphatic heterocycles. The van der Waals surface area contributed by atoms with Crippen molar-refractivity contribution in [3.8, 4) is 0 Å². The molecule has 0 aromatic carbocycles. The lowest BCUT2D eigenvalue weighted by atomic mass is 10.1. The minimum atomic E-state index is -2.43. The molecule has 2 aliphatic rings. The van der Waals surface area contributed by atoms with E-state index in [2.05, 4.69) is 40.4 Å². The first-order chi connectivity index (χ1) is 12.6. The van der Waals surface area contributed by atoms with Crippen molar-refractivity contribution in [1.29, 1.82) is 0 Å². The Morgan fingerprint density at radius 2 is 1.19 bits per heavy atom. The molecule has 138 valence electrons. The molecule has 0 spiro atoms. The summed E-state index contributed by atoms with van der Waals surface area (Å²) >= 11 is 0. The van der Waals surface area contributed by atoms with E-state index >= 15 is 0 Å². The van der Waals surface area contributed by atoms with Gasteiger partial charge in [0, 0.05) is 0 Å². The Bertz CT molecular complexity index is 944. The monoisotopic (exact) mass is 379 g/mol. The van der Waals surface area contributed by atoms with E-state index in [1.165, 1.54) is 0 Å². The fraction of sp³-hybridized carbons (Fsp3) is 0.250. The normalized spacial score (nSPS) is 26.0. The van der Waals surface area contributed by atoms with Crippen molar-refractivity contribution in [3.63, 3.8) is 0 Å². The molecule has 3 rings (SSSR count). The number of nitrogens with two attached hydrogens (primary N) is 2. The third kappa shape index (κ3) is 2.73. The van der Waals surface area contributed by atoms with E-state index in [1.54, 1.807) is 0 Å². The van der Waals surface area contributed by atoms with Crippen LogP contribution in [0.1, 0.15) is 11.4 Å². The number of hydrogen-bond donors (Lipinski definition) is 2. The number of aromatic nitrogens is 2. The van der Waals surface area contributed by atoms with Crippen molar-refractivity contribution in [1.82, 2.24) is 9.97 Å². The summed E-state index contributed by atoms with van der Waals surface area (Å²) in [6.45, 7) is 0. The molecule has 0 amide bonds. The Hall–Kier alpha value is -4.26. The molecule has 3 heterocycles. The molecule has 2 atom stereocenters. The van der Waals surface area contributed by atoms with Gasteiger partial charge in [0.15, 0.2) is 0 Å². The number of nitrogens with zero attached hydrogens (tertiary/aromatic N) is 11. The second-order valence-corrected chi connectivity index (χ2v) is 4.87. The second kappa shape index (κ2) is 5.63. The van der Waals surface area contributed by atoms with E-state index in [4.69, 9.17) is 11.5 Å². The lowest BCUT2D eigenvalue weighted by Gasteiger charge is -2.14. The Kier molecular flexibility index (Phi) is 3.66.